The highest BCUT2D eigenvalue weighted by Gasteiger charge is 2.30. The molecule has 7 nitrogen and oxygen atoms in total. The molecule has 0 fully saturated rings. The Bertz CT molecular complexity index is 1600. The normalized spacial score (nSPS) is 14.3. The number of benzene rings is 2. The van der Waals surface area contributed by atoms with Crippen LogP contribution in [-0.2, 0) is 16.3 Å². The molecule has 0 amide bonds. The molecule has 0 radical (unpaired) electrons. The summed E-state index contributed by atoms with van der Waals surface area (Å²) in [5, 5.41) is 9.40. The number of nitrogens with zero attached hydrogens (tertiary/aromatic N) is 3. The summed E-state index contributed by atoms with van der Waals surface area (Å²) in [5.74, 6) is 0.00560. The highest BCUT2D eigenvalue weighted by atomic mass is 35.5. The zero-order valence-corrected chi connectivity index (χ0v) is 17.5. The highest BCUT2D eigenvalue weighted by Crippen LogP contribution is 2.38. The minimum Gasteiger partial charge on any atom is -0.345 e. The van der Waals surface area contributed by atoms with Crippen molar-refractivity contribution < 1.29 is 8.42 Å². The van der Waals surface area contributed by atoms with Crippen LogP contribution < -0.4 is 5.43 Å². The molecule has 1 aliphatic heterocycles. The summed E-state index contributed by atoms with van der Waals surface area (Å²) >= 11 is 6.37. The third kappa shape index (κ3) is 3.19. The van der Waals surface area contributed by atoms with Crippen LogP contribution >= 0.6 is 11.6 Å². The van der Waals surface area contributed by atoms with Crippen LogP contribution in [0, 0.1) is 11.3 Å². The Morgan fingerprint density at radius 1 is 1.06 bits per heavy atom. The van der Waals surface area contributed by atoms with E-state index in [-0.39, 0.29) is 26.6 Å². The second-order valence-corrected chi connectivity index (χ2v) is 9.62. The first-order valence-corrected chi connectivity index (χ1v) is 11.4. The Balaban J connectivity index is 1.84. The van der Waals surface area contributed by atoms with E-state index in [1.54, 1.807) is 30.3 Å². The number of nitriles is 1. The first-order valence-electron chi connectivity index (χ1n) is 9.33. The van der Waals surface area contributed by atoms with Gasteiger partial charge in [0.15, 0.2) is 21.0 Å². The lowest BCUT2D eigenvalue weighted by molar-refractivity contribution is 0.600. The van der Waals surface area contributed by atoms with Gasteiger partial charge in [0.25, 0.3) is 0 Å². The number of pyridine rings is 1. The van der Waals surface area contributed by atoms with Gasteiger partial charge in [-0.15, -0.1) is 0 Å². The SMILES string of the molecule is N#Cc1cccc(-c2nc3[nH]ccc(=O)c3nc2-c2cc(Cl)c3c(c2)CCS3(=O)=O)c1. The van der Waals surface area contributed by atoms with Crippen molar-refractivity contribution >= 4 is 32.6 Å². The molecule has 0 bridgehead atoms. The smallest absolute Gasteiger partial charge is 0.209 e. The van der Waals surface area contributed by atoms with Gasteiger partial charge in [-0.2, -0.15) is 5.26 Å². The molecule has 2 aromatic carbocycles. The minimum atomic E-state index is -3.41. The highest BCUT2D eigenvalue weighted by molar-refractivity contribution is 7.91. The number of halogens is 1. The van der Waals surface area contributed by atoms with E-state index in [4.69, 9.17) is 11.6 Å². The van der Waals surface area contributed by atoms with E-state index >= 15 is 0 Å². The first-order chi connectivity index (χ1) is 14.9. The number of aryl methyl sites for hydroxylation is 1. The van der Waals surface area contributed by atoms with Crippen molar-refractivity contribution in [3.63, 3.8) is 0 Å². The molecule has 3 heterocycles. The van der Waals surface area contributed by atoms with Crippen molar-refractivity contribution in [3.8, 4) is 28.6 Å². The van der Waals surface area contributed by atoms with Gasteiger partial charge in [0, 0.05) is 23.4 Å². The molecule has 0 saturated heterocycles. The average Bonchev–Trinajstić information content (AvgIpc) is 3.08. The maximum atomic E-state index is 12.4. The van der Waals surface area contributed by atoms with Crippen molar-refractivity contribution in [2.45, 2.75) is 11.3 Å². The van der Waals surface area contributed by atoms with E-state index in [2.05, 4.69) is 21.0 Å². The maximum absolute atomic E-state index is 12.4. The number of fused-ring (bicyclic) bond motifs is 2. The summed E-state index contributed by atoms with van der Waals surface area (Å²) in [6.45, 7) is 0. The van der Waals surface area contributed by atoms with E-state index in [0.29, 0.717) is 45.7 Å². The number of hydrogen-bond acceptors (Lipinski definition) is 6. The second kappa shape index (κ2) is 7.01. The molecule has 0 unspecified atom stereocenters. The molecular formula is C22H13ClN4O3S. The number of hydrogen-bond donors (Lipinski definition) is 1. The maximum Gasteiger partial charge on any atom is 0.209 e. The largest absolute Gasteiger partial charge is 0.345 e. The summed E-state index contributed by atoms with van der Waals surface area (Å²) in [6.07, 6.45) is 1.84. The Kier molecular flexibility index (Phi) is 4.39. The van der Waals surface area contributed by atoms with Crippen LogP contribution in [-0.4, -0.2) is 29.1 Å². The van der Waals surface area contributed by atoms with Gasteiger partial charge in [0.1, 0.15) is 0 Å². The van der Waals surface area contributed by atoms with E-state index in [9.17, 15) is 18.5 Å². The Morgan fingerprint density at radius 2 is 1.87 bits per heavy atom. The van der Waals surface area contributed by atoms with E-state index in [1.165, 1.54) is 18.3 Å². The number of aromatic amines is 1. The van der Waals surface area contributed by atoms with Crippen LogP contribution in [0.15, 0.2) is 58.4 Å². The quantitative estimate of drug-likeness (QED) is 0.501. The molecule has 0 saturated carbocycles. The van der Waals surface area contributed by atoms with Gasteiger partial charge in [0.2, 0.25) is 5.43 Å². The molecular weight excluding hydrogens is 436 g/mol. The lowest BCUT2D eigenvalue weighted by Crippen LogP contribution is -2.07. The molecule has 9 heteroatoms. The fraction of sp³-hybridized carbons (Fsp3) is 0.0909. The van der Waals surface area contributed by atoms with Crippen molar-refractivity contribution in [2.24, 2.45) is 0 Å². The summed E-state index contributed by atoms with van der Waals surface area (Å²) in [4.78, 5) is 24.7. The van der Waals surface area contributed by atoms with Gasteiger partial charge in [-0.3, -0.25) is 4.79 Å². The lowest BCUT2D eigenvalue weighted by atomic mass is 10.00. The summed E-state index contributed by atoms with van der Waals surface area (Å²) in [7, 11) is -3.41. The fourth-order valence-electron chi connectivity index (χ4n) is 3.79. The third-order valence-electron chi connectivity index (χ3n) is 5.19. The summed E-state index contributed by atoms with van der Waals surface area (Å²) in [6, 6.07) is 13.6. The first kappa shape index (κ1) is 19.4. The standard InChI is InChI=1S/C22H13ClN4O3S/c23-16-10-15(9-14-5-7-31(29,30)21(14)16)19-18(13-3-1-2-12(8-13)11-24)27-22-20(26-19)17(28)4-6-25-22/h1-4,6,8-10H,5,7H2,(H,25,27,28). The third-order valence-corrected chi connectivity index (χ3v) is 7.45. The van der Waals surface area contributed by atoms with Crippen LogP contribution in [0.25, 0.3) is 33.7 Å². The molecule has 152 valence electrons. The van der Waals surface area contributed by atoms with Crippen LogP contribution in [0.2, 0.25) is 5.02 Å². The Labute approximate surface area is 181 Å². The van der Waals surface area contributed by atoms with Gasteiger partial charge >= 0.3 is 0 Å². The fourth-order valence-corrected chi connectivity index (χ4v) is 5.99. The predicted molar refractivity (Wildman–Crippen MR) is 117 cm³/mol. The molecule has 31 heavy (non-hydrogen) atoms. The molecule has 2 aromatic heterocycles. The number of aromatic nitrogens is 3. The number of H-pyrrole nitrogens is 1. The second-order valence-electron chi connectivity index (χ2n) is 7.17. The van der Waals surface area contributed by atoms with E-state index in [0.717, 1.165) is 0 Å². The van der Waals surface area contributed by atoms with Crippen LogP contribution in [0.3, 0.4) is 0 Å². The van der Waals surface area contributed by atoms with Gasteiger partial charge in [-0.25, -0.2) is 18.4 Å². The Morgan fingerprint density at radius 3 is 2.68 bits per heavy atom. The molecule has 1 N–H and O–H groups in total. The number of sulfone groups is 1. The summed E-state index contributed by atoms with van der Waals surface area (Å²) in [5.41, 5.74) is 3.25. The molecule has 4 aromatic rings. The Hall–Kier alpha value is -3.54. The van der Waals surface area contributed by atoms with E-state index in [1.807, 2.05) is 0 Å². The zero-order valence-electron chi connectivity index (χ0n) is 15.9. The van der Waals surface area contributed by atoms with Crippen molar-refractivity contribution in [1.29, 1.82) is 5.26 Å². The zero-order chi connectivity index (χ0) is 21.8. The predicted octanol–water partition coefficient (Wildman–Crippen LogP) is 3.51. The van der Waals surface area contributed by atoms with Crippen LogP contribution in [0.1, 0.15) is 11.1 Å². The van der Waals surface area contributed by atoms with Gasteiger partial charge < -0.3 is 4.98 Å². The number of rotatable bonds is 2. The molecule has 0 spiro atoms. The van der Waals surface area contributed by atoms with Crippen molar-refractivity contribution in [2.75, 3.05) is 5.75 Å². The van der Waals surface area contributed by atoms with Gasteiger partial charge in [-0.05, 0) is 36.2 Å². The van der Waals surface area contributed by atoms with Crippen LogP contribution in [0.4, 0.5) is 0 Å². The lowest BCUT2D eigenvalue weighted by Gasteiger charge is -2.12. The monoisotopic (exact) mass is 448 g/mol. The molecule has 0 atom stereocenters. The van der Waals surface area contributed by atoms with Crippen molar-refractivity contribution in [1.82, 2.24) is 15.0 Å². The van der Waals surface area contributed by atoms with Gasteiger partial charge in [-0.1, -0.05) is 23.7 Å². The van der Waals surface area contributed by atoms with E-state index < -0.39 is 9.84 Å². The summed E-state index contributed by atoms with van der Waals surface area (Å²) < 4.78 is 24.6. The average molecular weight is 449 g/mol. The topological polar surface area (TPSA) is 117 Å². The van der Waals surface area contributed by atoms with Crippen molar-refractivity contribution in [3.05, 3.63) is 75.0 Å². The number of nitrogens with one attached hydrogen (secondary N) is 1. The minimum absolute atomic E-state index is 0.00560. The molecule has 1 aliphatic rings. The van der Waals surface area contributed by atoms with Gasteiger partial charge in [0.05, 0.1) is 38.7 Å². The molecule has 5 rings (SSSR count). The van der Waals surface area contributed by atoms with Crippen LogP contribution in [0.5, 0.6) is 0 Å². The molecule has 0 aliphatic carbocycles.